The molecule has 0 aliphatic rings. The Balaban J connectivity index is 1.68. The van der Waals surface area contributed by atoms with E-state index in [0.717, 1.165) is 16.8 Å². The third-order valence-corrected chi connectivity index (χ3v) is 6.24. The van der Waals surface area contributed by atoms with Gasteiger partial charge in [0.1, 0.15) is 5.75 Å². The first-order chi connectivity index (χ1) is 16.5. The highest BCUT2D eigenvalue weighted by Crippen LogP contribution is 2.34. The summed E-state index contributed by atoms with van der Waals surface area (Å²) in [6, 6.07) is 20.9. The molecule has 0 aliphatic carbocycles. The molecule has 0 radical (unpaired) electrons. The first-order valence-corrected chi connectivity index (χ1v) is 11.6. The lowest BCUT2D eigenvalue weighted by molar-refractivity contribution is 0.102. The lowest BCUT2D eigenvalue weighted by atomic mass is 10.1. The number of rotatable bonds is 9. The van der Waals surface area contributed by atoms with Gasteiger partial charge in [0, 0.05) is 11.3 Å². The third kappa shape index (κ3) is 4.77. The van der Waals surface area contributed by atoms with Crippen molar-refractivity contribution in [3.8, 4) is 34.3 Å². The lowest BCUT2D eigenvalue weighted by Crippen LogP contribution is -2.06. The van der Waals surface area contributed by atoms with Crippen molar-refractivity contribution >= 4 is 17.5 Å². The Hall–Kier alpha value is -3.78. The SMILES string of the molecule is COc1ccc(C(=O)CSc2nnc(-c3ccccc3OC)n2-c2ccc(C)cc2)cc1OC. The molecule has 0 amide bonds. The van der Waals surface area contributed by atoms with Gasteiger partial charge in [0.15, 0.2) is 28.3 Å². The number of aromatic nitrogens is 3. The Kier molecular flexibility index (Phi) is 7.18. The lowest BCUT2D eigenvalue weighted by Gasteiger charge is -2.13. The van der Waals surface area contributed by atoms with Crippen LogP contribution in [-0.2, 0) is 0 Å². The summed E-state index contributed by atoms with van der Waals surface area (Å²) in [4.78, 5) is 13.0. The zero-order valence-corrected chi connectivity index (χ0v) is 20.3. The number of thioether (sulfide) groups is 1. The average molecular weight is 476 g/mol. The maximum atomic E-state index is 13.0. The highest BCUT2D eigenvalue weighted by Gasteiger charge is 2.20. The van der Waals surface area contributed by atoms with Crippen LogP contribution in [0.1, 0.15) is 15.9 Å². The number of benzene rings is 3. The number of carbonyl (C=O) groups is 1. The Morgan fingerprint density at radius 1 is 0.853 bits per heavy atom. The van der Waals surface area contributed by atoms with Crippen molar-refractivity contribution in [2.45, 2.75) is 12.1 Å². The number of methoxy groups -OCH3 is 3. The molecule has 0 atom stereocenters. The number of hydrogen-bond acceptors (Lipinski definition) is 7. The minimum absolute atomic E-state index is 0.0525. The summed E-state index contributed by atoms with van der Waals surface area (Å²) in [6.45, 7) is 2.04. The summed E-state index contributed by atoms with van der Waals surface area (Å²) in [5.74, 6) is 2.56. The van der Waals surface area contributed by atoms with E-state index in [1.165, 1.54) is 11.8 Å². The van der Waals surface area contributed by atoms with E-state index in [0.29, 0.717) is 33.8 Å². The summed E-state index contributed by atoms with van der Waals surface area (Å²) in [6.07, 6.45) is 0. The fourth-order valence-electron chi connectivity index (χ4n) is 3.52. The van der Waals surface area contributed by atoms with Crippen molar-refractivity contribution in [2.24, 2.45) is 0 Å². The fraction of sp³-hybridized carbons (Fsp3) is 0.192. The van der Waals surface area contributed by atoms with Gasteiger partial charge in [-0.2, -0.15) is 0 Å². The maximum Gasteiger partial charge on any atom is 0.196 e. The van der Waals surface area contributed by atoms with Crippen molar-refractivity contribution in [1.82, 2.24) is 14.8 Å². The van der Waals surface area contributed by atoms with Gasteiger partial charge in [-0.15, -0.1) is 10.2 Å². The van der Waals surface area contributed by atoms with Gasteiger partial charge in [-0.3, -0.25) is 9.36 Å². The Morgan fingerprint density at radius 3 is 2.26 bits per heavy atom. The Labute approximate surface area is 202 Å². The monoisotopic (exact) mass is 475 g/mol. The third-order valence-electron chi connectivity index (χ3n) is 5.31. The highest BCUT2D eigenvalue weighted by molar-refractivity contribution is 7.99. The highest BCUT2D eigenvalue weighted by atomic mass is 32.2. The van der Waals surface area contributed by atoms with Crippen LogP contribution in [0.15, 0.2) is 71.9 Å². The summed E-state index contributed by atoms with van der Waals surface area (Å²) >= 11 is 1.33. The number of hydrogen-bond donors (Lipinski definition) is 0. The smallest absolute Gasteiger partial charge is 0.196 e. The second-order valence-electron chi connectivity index (χ2n) is 7.46. The van der Waals surface area contributed by atoms with E-state index in [1.807, 2.05) is 60.0 Å². The molecule has 1 heterocycles. The molecule has 4 aromatic rings. The molecule has 3 aromatic carbocycles. The van der Waals surface area contributed by atoms with Gasteiger partial charge in [0.05, 0.1) is 32.6 Å². The van der Waals surface area contributed by atoms with Crippen molar-refractivity contribution in [3.05, 3.63) is 77.9 Å². The molecule has 0 aliphatic heterocycles. The molecule has 0 spiro atoms. The van der Waals surface area contributed by atoms with Crippen molar-refractivity contribution < 1.29 is 19.0 Å². The second kappa shape index (κ2) is 10.4. The minimum atomic E-state index is -0.0525. The van der Waals surface area contributed by atoms with Gasteiger partial charge in [-0.1, -0.05) is 41.6 Å². The molecular formula is C26H25N3O4S. The molecule has 7 nitrogen and oxygen atoms in total. The van der Waals surface area contributed by atoms with Crippen LogP contribution in [0.25, 0.3) is 17.1 Å². The van der Waals surface area contributed by atoms with Crippen molar-refractivity contribution in [3.63, 3.8) is 0 Å². The van der Waals surface area contributed by atoms with Gasteiger partial charge < -0.3 is 14.2 Å². The van der Waals surface area contributed by atoms with Gasteiger partial charge in [0.2, 0.25) is 0 Å². The van der Waals surface area contributed by atoms with Crippen molar-refractivity contribution in [2.75, 3.05) is 27.1 Å². The van der Waals surface area contributed by atoms with E-state index in [1.54, 1.807) is 39.5 Å². The molecule has 8 heteroatoms. The van der Waals surface area contributed by atoms with E-state index in [2.05, 4.69) is 10.2 Å². The Morgan fingerprint density at radius 2 is 1.56 bits per heavy atom. The predicted molar refractivity (Wildman–Crippen MR) is 133 cm³/mol. The molecule has 0 fully saturated rings. The maximum absolute atomic E-state index is 13.0. The van der Waals surface area contributed by atoms with E-state index in [9.17, 15) is 4.79 Å². The molecule has 1 aromatic heterocycles. The van der Waals surface area contributed by atoms with Crippen LogP contribution in [0.2, 0.25) is 0 Å². The molecular weight excluding hydrogens is 450 g/mol. The van der Waals surface area contributed by atoms with E-state index < -0.39 is 0 Å². The van der Waals surface area contributed by atoms with Crippen LogP contribution in [0, 0.1) is 6.92 Å². The van der Waals surface area contributed by atoms with E-state index in [-0.39, 0.29) is 11.5 Å². The summed E-state index contributed by atoms with van der Waals surface area (Å²) in [7, 11) is 4.74. The molecule has 34 heavy (non-hydrogen) atoms. The van der Waals surface area contributed by atoms with E-state index >= 15 is 0 Å². The Bertz CT molecular complexity index is 1300. The number of ether oxygens (including phenoxy) is 3. The van der Waals surface area contributed by atoms with Gasteiger partial charge in [-0.25, -0.2) is 0 Å². The number of ketones is 1. The summed E-state index contributed by atoms with van der Waals surface area (Å²) < 4.78 is 18.1. The van der Waals surface area contributed by atoms with Crippen LogP contribution < -0.4 is 14.2 Å². The summed E-state index contributed by atoms with van der Waals surface area (Å²) in [5.41, 5.74) is 3.40. The number of carbonyl (C=O) groups excluding carboxylic acids is 1. The van der Waals surface area contributed by atoms with Gasteiger partial charge in [-0.05, 0) is 49.4 Å². The van der Waals surface area contributed by atoms with Crippen molar-refractivity contribution in [1.29, 1.82) is 0 Å². The first-order valence-electron chi connectivity index (χ1n) is 10.6. The minimum Gasteiger partial charge on any atom is -0.496 e. The van der Waals surface area contributed by atoms with E-state index in [4.69, 9.17) is 14.2 Å². The molecule has 0 saturated heterocycles. The normalized spacial score (nSPS) is 10.7. The fourth-order valence-corrected chi connectivity index (χ4v) is 4.36. The molecule has 4 rings (SSSR count). The number of Topliss-reactive ketones (excluding diaryl/α,β-unsaturated/α-hetero) is 1. The zero-order valence-electron chi connectivity index (χ0n) is 19.4. The standard InChI is InChI=1S/C26H25N3O4S/c1-17-9-12-19(13-10-17)29-25(20-7-5-6-8-22(20)31-2)27-28-26(29)34-16-21(30)18-11-14-23(32-3)24(15-18)33-4/h5-15H,16H2,1-4H3. The van der Waals surface area contributed by atoms with Crippen LogP contribution in [0.3, 0.4) is 0 Å². The largest absolute Gasteiger partial charge is 0.496 e. The van der Waals surface area contributed by atoms with Crippen LogP contribution in [0.4, 0.5) is 0 Å². The zero-order chi connectivity index (χ0) is 24.1. The molecule has 0 saturated carbocycles. The number of nitrogens with zero attached hydrogens (tertiary/aromatic N) is 3. The van der Waals surface area contributed by atoms with Gasteiger partial charge >= 0.3 is 0 Å². The predicted octanol–water partition coefficient (Wildman–Crippen LogP) is 5.24. The number of para-hydroxylation sites is 1. The van der Waals surface area contributed by atoms with Crippen LogP contribution in [0.5, 0.6) is 17.2 Å². The molecule has 0 bridgehead atoms. The van der Waals surface area contributed by atoms with Crippen LogP contribution in [-0.4, -0.2) is 47.6 Å². The quantitative estimate of drug-likeness (QED) is 0.242. The van der Waals surface area contributed by atoms with Gasteiger partial charge in [0.25, 0.3) is 0 Å². The van der Waals surface area contributed by atoms with Crippen LogP contribution >= 0.6 is 11.8 Å². The molecule has 0 unspecified atom stereocenters. The average Bonchev–Trinajstić information content (AvgIpc) is 3.30. The molecule has 0 N–H and O–H groups in total. The topological polar surface area (TPSA) is 75.5 Å². The molecule has 174 valence electrons. The first kappa shape index (κ1) is 23.4. The number of aryl methyl sites for hydroxylation is 1. The summed E-state index contributed by atoms with van der Waals surface area (Å²) in [5, 5.41) is 9.49. The second-order valence-corrected chi connectivity index (χ2v) is 8.40.